The van der Waals surface area contributed by atoms with Crippen LogP contribution in [0.1, 0.15) is 31.1 Å². The lowest BCUT2D eigenvalue weighted by atomic mass is 9.88. The van der Waals surface area contributed by atoms with E-state index in [-0.39, 0.29) is 24.2 Å². The Balaban J connectivity index is 0.00000220. The van der Waals surface area contributed by atoms with Crippen LogP contribution in [0.4, 0.5) is 0 Å². The van der Waals surface area contributed by atoms with E-state index in [1.807, 2.05) is 20.8 Å². The summed E-state index contributed by atoms with van der Waals surface area (Å²) < 4.78 is 10.9. The first-order valence-corrected chi connectivity index (χ1v) is 6.88. The quantitative estimate of drug-likeness (QED) is 0.891. The number of nitrogens with one attached hydrogen (secondary N) is 1. The Bertz CT molecular complexity index is 508. The summed E-state index contributed by atoms with van der Waals surface area (Å²) in [5.41, 5.74) is 5.91. The predicted octanol–water partition coefficient (Wildman–Crippen LogP) is 1.98. The molecule has 5 nitrogen and oxygen atoms in total. The number of hydrogen-bond acceptors (Lipinski definition) is 4. The fraction of sp³-hybridized carbons (Fsp3) is 0.533. The minimum atomic E-state index is -0.426. The van der Waals surface area contributed by atoms with E-state index in [1.165, 1.54) is 0 Å². The molecular weight excluding hydrogens is 292 g/mol. The van der Waals surface area contributed by atoms with Crippen LogP contribution in [0, 0.1) is 5.92 Å². The number of rotatable bonds is 4. The molecular formula is C15H23ClN2O3. The number of ether oxygens (including phenoxy) is 2. The fourth-order valence-electron chi connectivity index (χ4n) is 1.95. The number of amides is 1. The maximum absolute atomic E-state index is 12.3. The molecule has 1 heterocycles. The second-order valence-corrected chi connectivity index (χ2v) is 5.59. The second-order valence-electron chi connectivity index (χ2n) is 5.59. The zero-order valence-corrected chi connectivity index (χ0v) is 13.5. The van der Waals surface area contributed by atoms with Crippen molar-refractivity contribution in [3.8, 4) is 11.5 Å². The van der Waals surface area contributed by atoms with Crippen molar-refractivity contribution >= 4 is 18.3 Å². The van der Waals surface area contributed by atoms with Crippen LogP contribution >= 0.6 is 12.4 Å². The third kappa shape index (κ3) is 3.80. The number of fused-ring (bicyclic) bond motifs is 1. The van der Waals surface area contributed by atoms with Gasteiger partial charge >= 0.3 is 0 Å². The van der Waals surface area contributed by atoms with Crippen molar-refractivity contribution < 1.29 is 14.3 Å². The average Bonchev–Trinajstić information content (AvgIpc) is 2.46. The first kappa shape index (κ1) is 17.6. The van der Waals surface area contributed by atoms with Crippen molar-refractivity contribution in [3.63, 3.8) is 0 Å². The Morgan fingerprint density at radius 1 is 1.33 bits per heavy atom. The molecule has 1 amide bonds. The molecule has 0 aromatic heterocycles. The summed E-state index contributed by atoms with van der Waals surface area (Å²) >= 11 is 0. The standard InChI is InChI=1S/C15H22N2O3.ClH/c1-10(2)15(3,9-16)17-14(18)11-4-5-12-13(8-11)20-7-6-19-12;/h4-5,8,10H,6-7,9,16H2,1-3H3,(H,17,18);1H. The van der Waals surface area contributed by atoms with Crippen LogP contribution in [0.3, 0.4) is 0 Å². The SMILES string of the molecule is CC(C)C(C)(CN)NC(=O)c1ccc2c(c1)OCCO2.Cl. The molecule has 0 saturated heterocycles. The molecule has 1 unspecified atom stereocenters. The second kappa shape index (κ2) is 7.00. The minimum Gasteiger partial charge on any atom is -0.486 e. The lowest BCUT2D eigenvalue weighted by Crippen LogP contribution is -2.55. The van der Waals surface area contributed by atoms with E-state index in [0.29, 0.717) is 36.8 Å². The molecule has 1 aromatic rings. The average molecular weight is 315 g/mol. The number of carbonyl (C=O) groups is 1. The number of carbonyl (C=O) groups excluding carboxylic acids is 1. The van der Waals surface area contributed by atoms with E-state index in [4.69, 9.17) is 15.2 Å². The van der Waals surface area contributed by atoms with E-state index in [9.17, 15) is 4.79 Å². The highest BCUT2D eigenvalue weighted by molar-refractivity contribution is 5.95. The predicted molar refractivity (Wildman–Crippen MR) is 84.4 cm³/mol. The molecule has 3 N–H and O–H groups in total. The van der Waals surface area contributed by atoms with Gasteiger partial charge in [-0.3, -0.25) is 4.79 Å². The fourth-order valence-corrected chi connectivity index (χ4v) is 1.95. The first-order valence-electron chi connectivity index (χ1n) is 6.88. The van der Waals surface area contributed by atoms with Crippen molar-refractivity contribution in [1.29, 1.82) is 0 Å². The van der Waals surface area contributed by atoms with Gasteiger partial charge in [0.05, 0.1) is 5.54 Å². The van der Waals surface area contributed by atoms with Gasteiger partial charge in [-0.2, -0.15) is 0 Å². The molecule has 1 atom stereocenters. The summed E-state index contributed by atoms with van der Waals surface area (Å²) in [6, 6.07) is 5.21. The summed E-state index contributed by atoms with van der Waals surface area (Å²) in [7, 11) is 0. The summed E-state index contributed by atoms with van der Waals surface area (Å²) in [5.74, 6) is 1.39. The third-order valence-corrected chi connectivity index (χ3v) is 3.90. The Kier molecular flexibility index (Phi) is 5.87. The van der Waals surface area contributed by atoms with Crippen LogP contribution in [0.2, 0.25) is 0 Å². The lowest BCUT2D eigenvalue weighted by molar-refractivity contribution is 0.0882. The Hall–Kier alpha value is -1.46. The first-order chi connectivity index (χ1) is 9.46. The smallest absolute Gasteiger partial charge is 0.251 e. The largest absolute Gasteiger partial charge is 0.486 e. The van der Waals surface area contributed by atoms with Gasteiger partial charge in [-0.25, -0.2) is 0 Å². The van der Waals surface area contributed by atoms with Crippen molar-refractivity contribution in [2.24, 2.45) is 11.7 Å². The van der Waals surface area contributed by atoms with Crippen LogP contribution in [0.25, 0.3) is 0 Å². The lowest BCUT2D eigenvalue weighted by Gasteiger charge is -2.33. The Morgan fingerprint density at radius 3 is 2.52 bits per heavy atom. The van der Waals surface area contributed by atoms with Crippen LogP contribution in [0.15, 0.2) is 18.2 Å². The van der Waals surface area contributed by atoms with Gasteiger partial charge in [-0.15, -0.1) is 12.4 Å². The zero-order valence-electron chi connectivity index (χ0n) is 12.6. The van der Waals surface area contributed by atoms with Crippen LogP contribution in [-0.2, 0) is 0 Å². The third-order valence-electron chi connectivity index (χ3n) is 3.90. The van der Waals surface area contributed by atoms with E-state index in [0.717, 1.165) is 0 Å². The van der Waals surface area contributed by atoms with Crippen LogP contribution < -0.4 is 20.5 Å². The van der Waals surface area contributed by atoms with Crippen molar-refractivity contribution in [2.75, 3.05) is 19.8 Å². The van der Waals surface area contributed by atoms with E-state index < -0.39 is 5.54 Å². The van der Waals surface area contributed by atoms with Gasteiger partial charge in [0.1, 0.15) is 13.2 Å². The molecule has 1 aliphatic rings. The van der Waals surface area contributed by atoms with Crippen molar-refractivity contribution in [2.45, 2.75) is 26.3 Å². The molecule has 0 saturated carbocycles. The van der Waals surface area contributed by atoms with E-state index in [2.05, 4.69) is 5.32 Å². The molecule has 1 aliphatic heterocycles. The van der Waals surface area contributed by atoms with E-state index >= 15 is 0 Å². The molecule has 0 spiro atoms. The number of halogens is 1. The molecule has 2 rings (SSSR count). The molecule has 0 bridgehead atoms. The molecule has 21 heavy (non-hydrogen) atoms. The summed E-state index contributed by atoms with van der Waals surface area (Å²) in [4.78, 5) is 12.3. The van der Waals surface area contributed by atoms with Gasteiger partial charge in [-0.1, -0.05) is 13.8 Å². The summed E-state index contributed by atoms with van der Waals surface area (Å²) in [6.45, 7) is 7.46. The molecule has 1 aromatic carbocycles. The highest BCUT2D eigenvalue weighted by atomic mass is 35.5. The Morgan fingerprint density at radius 2 is 1.95 bits per heavy atom. The zero-order chi connectivity index (χ0) is 14.8. The molecule has 0 radical (unpaired) electrons. The van der Waals surface area contributed by atoms with Gasteiger partial charge < -0.3 is 20.5 Å². The molecule has 0 fully saturated rings. The normalized spacial score (nSPS) is 15.9. The van der Waals surface area contributed by atoms with Crippen molar-refractivity contribution in [1.82, 2.24) is 5.32 Å². The monoisotopic (exact) mass is 314 g/mol. The molecule has 118 valence electrons. The van der Waals surface area contributed by atoms with Crippen LogP contribution in [-0.4, -0.2) is 31.2 Å². The van der Waals surface area contributed by atoms with Crippen LogP contribution in [0.5, 0.6) is 11.5 Å². The number of benzene rings is 1. The van der Waals surface area contributed by atoms with Gasteiger partial charge in [0.2, 0.25) is 0 Å². The van der Waals surface area contributed by atoms with Crippen molar-refractivity contribution in [3.05, 3.63) is 23.8 Å². The highest BCUT2D eigenvalue weighted by Crippen LogP contribution is 2.31. The number of nitrogens with two attached hydrogens (primary N) is 1. The topological polar surface area (TPSA) is 73.6 Å². The van der Waals surface area contributed by atoms with Gasteiger partial charge in [0, 0.05) is 12.1 Å². The summed E-state index contributed by atoms with van der Waals surface area (Å²) in [5, 5.41) is 3.01. The molecule has 0 aliphatic carbocycles. The minimum absolute atomic E-state index is 0. The maximum Gasteiger partial charge on any atom is 0.251 e. The van der Waals surface area contributed by atoms with Gasteiger partial charge in [-0.05, 0) is 31.0 Å². The van der Waals surface area contributed by atoms with E-state index in [1.54, 1.807) is 18.2 Å². The maximum atomic E-state index is 12.3. The summed E-state index contributed by atoms with van der Waals surface area (Å²) in [6.07, 6.45) is 0. The molecule has 6 heteroatoms. The highest BCUT2D eigenvalue weighted by Gasteiger charge is 2.29. The number of hydrogen-bond donors (Lipinski definition) is 2. The Labute approximate surface area is 131 Å². The van der Waals surface area contributed by atoms with Gasteiger partial charge in [0.25, 0.3) is 5.91 Å². The van der Waals surface area contributed by atoms with Gasteiger partial charge in [0.15, 0.2) is 11.5 Å².